The summed E-state index contributed by atoms with van der Waals surface area (Å²) in [5, 5.41) is 0. The van der Waals surface area contributed by atoms with Crippen LogP contribution in [-0.2, 0) is 8.91 Å². The van der Waals surface area contributed by atoms with Crippen molar-refractivity contribution in [2.45, 2.75) is 0 Å². The first-order chi connectivity index (χ1) is 6.44. The molecule has 0 aromatic carbocycles. The van der Waals surface area contributed by atoms with Crippen LogP contribution in [0.4, 0.5) is 4.79 Å². The first kappa shape index (κ1) is 19.6. The summed E-state index contributed by atoms with van der Waals surface area (Å²) in [7, 11) is -9.96. The summed E-state index contributed by atoms with van der Waals surface area (Å²) in [6, 6.07) is -0.833. The van der Waals surface area contributed by atoms with Crippen LogP contribution in [0.5, 0.6) is 0 Å². The molecule has 13 heteroatoms. The van der Waals surface area contributed by atoms with Crippen LogP contribution < -0.4 is 11.5 Å². The van der Waals surface area contributed by atoms with Crippen molar-refractivity contribution in [3.05, 3.63) is 0 Å². The third kappa shape index (κ3) is 62.1. The molecule has 0 atom stereocenters. The molecule has 0 heterocycles. The predicted octanol–water partition coefficient (Wildman–Crippen LogP) is -5.33. The molecule has 0 fully saturated rings. The molecule has 92 valence electrons. The van der Waals surface area contributed by atoms with E-state index in [2.05, 4.69) is 15.6 Å². The molecule has 15 heavy (non-hydrogen) atoms. The van der Waals surface area contributed by atoms with E-state index in [4.69, 9.17) is 38.4 Å². The molecule has 11 nitrogen and oxygen atoms in total. The van der Waals surface area contributed by atoms with E-state index in [1.54, 1.807) is 0 Å². The van der Waals surface area contributed by atoms with Gasteiger partial charge in [-0.1, -0.05) is 0 Å². The zero-order chi connectivity index (χ0) is 13.3. The Morgan fingerprint density at radius 2 is 1.07 bits per heavy atom. The maximum atomic E-state index is 9.00. The maximum Gasteiger partial charge on any atom is 0.665 e. The number of hydrogen-bond acceptors (Lipinski definition) is 9. The highest BCUT2D eigenvalue weighted by molar-refractivity contribution is 6.63. The van der Waals surface area contributed by atoms with Crippen LogP contribution in [0.3, 0.4) is 0 Å². The molecule has 0 aliphatic carbocycles. The molecule has 0 bridgehead atoms. The third-order valence-corrected chi connectivity index (χ3v) is 2.46. The van der Waals surface area contributed by atoms with Gasteiger partial charge in [-0.05, 0) is 0 Å². The summed E-state index contributed by atoms with van der Waals surface area (Å²) in [6.07, 6.45) is 0. The van der Waals surface area contributed by atoms with Gasteiger partial charge < -0.3 is 49.2 Å². The number of nitrogens with two attached hydrogens (primary N) is 2. The second-order valence-corrected chi connectivity index (χ2v) is 4.76. The summed E-state index contributed by atoms with van der Waals surface area (Å²) >= 11 is 0. The van der Waals surface area contributed by atoms with Crippen LogP contribution in [0.25, 0.3) is 0 Å². The lowest BCUT2D eigenvalue weighted by Gasteiger charge is -2.13. The maximum absolute atomic E-state index is 9.00. The molecule has 0 rings (SSSR count). The van der Waals surface area contributed by atoms with E-state index in [-0.39, 0.29) is 0 Å². The Balaban J connectivity index is -0.000000202. The number of urea groups is 1. The summed E-state index contributed by atoms with van der Waals surface area (Å²) in [6.45, 7) is 2.00. The Hall–Kier alpha value is -0.906. The molecule has 0 unspecified atom stereocenters. The number of primary amides is 2. The van der Waals surface area contributed by atoms with Gasteiger partial charge in [0.1, 0.15) is 6.79 Å². The van der Waals surface area contributed by atoms with Crippen molar-refractivity contribution in [3.8, 4) is 0 Å². The number of carbonyl (C=O) groups is 2. The van der Waals surface area contributed by atoms with E-state index >= 15 is 0 Å². The standard InChI is InChI=1S/CH4N2O.CH2O.H6O7Si2/c2-1(3)4;1-2;1-8(2,3)7-9(4,5)6/h(H4,2,3,4);1H2;1-6H. The Morgan fingerprint density at radius 3 is 1.07 bits per heavy atom. The van der Waals surface area contributed by atoms with Crippen LogP contribution in [0.1, 0.15) is 0 Å². The van der Waals surface area contributed by atoms with E-state index in [0.717, 1.165) is 0 Å². The lowest BCUT2D eigenvalue weighted by Crippen LogP contribution is -2.53. The molecular weight excluding hydrogens is 252 g/mol. The Morgan fingerprint density at radius 1 is 0.933 bits per heavy atom. The monoisotopic (exact) mass is 264 g/mol. The third-order valence-electron chi connectivity index (χ3n) is 0.274. The van der Waals surface area contributed by atoms with Gasteiger partial charge >= 0.3 is 24.1 Å². The molecule has 0 saturated heterocycles. The van der Waals surface area contributed by atoms with Gasteiger partial charge in [0, 0.05) is 0 Å². The van der Waals surface area contributed by atoms with Crippen LogP contribution in [0.15, 0.2) is 0 Å². The zero-order valence-electron chi connectivity index (χ0n) is 7.27. The number of rotatable bonds is 2. The Kier molecular flexibility index (Phi) is 11.0. The molecular formula is C2H12N2O9Si2. The summed E-state index contributed by atoms with van der Waals surface area (Å²) in [5.74, 6) is 0. The summed E-state index contributed by atoms with van der Waals surface area (Å²) < 4.78 is 3.24. The number of carbonyl (C=O) groups excluding carboxylic acids is 2. The van der Waals surface area contributed by atoms with Gasteiger partial charge in [0.15, 0.2) is 0 Å². The van der Waals surface area contributed by atoms with Crippen molar-refractivity contribution in [3.63, 3.8) is 0 Å². The lowest BCUT2D eigenvalue weighted by molar-refractivity contribution is -0.0980. The summed E-state index contributed by atoms with van der Waals surface area (Å²) in [4.78, 5) is 64.6. The minimum atomic E-state index is -4.98. The van der Waals surface area contributed by atoms with Crippen molar-refractivity contribution < 1.29 is 42.5 Å². The molecule has 0 radical (unpaired) electrons. The molecule has 0 aliphatic heterocycles. The molecule has 0 aromatic heterocycles. The molecule has 2 amide bonds. The fraction of sp³-hybridized carbons (Fsp3) is 0. The SMILES string of the molecule is C=O.NC(N)=O.O[Si](O)(O)O[Si](O)(O)O. The zero-order valence-corrected chi connectivity index (χ0v) is 9.27. The van der Waals surface area contributed by atoms with E-state index in [1.807, 2.05) is 6.79 Å². The highest BCUT2D eigenvalue weighted by Gasteiger charge is 2.45. The number of amides is 2. The highest BCUT2D eigenvalue weighted by Crippen LogP contribution is 1.95. The average Bonchev–Trinajstić information content (AvgIpc) is 1.81. The number of hydrogen-bond donors (Lipinski definition) is 8. The molecule has 0 aromatic rings. The molecule has 0 saturated carbocycles. The Bertz CT molecular complexity index is 158. The predicted molar refractivity (Wildman–Crippen MR) is 46.8 cm³/mol. The molecule has 0 aliphatic rings. The van der Waals surface area contributed by atoms with Gasteiger partial charge in [-0.3, -0.25) is 0 Å². The summed E-state index contributed by atoms with van der Waals surface area (Å²) in [5.41, 5.74) is 8.50. The van der Waals surface area contributed by atoms with E-state index < -0.39 is 24.1 Å². The van der Waals surface area contributed by atoms with Crippen LogP contribution in [-0.4, -0.2) is 59.7 Å². The van der Waals surface area contributed by atoms with Crippen LogP contribution >= 0.6 is 0 Å². The fourth-order valence-corrected chi connectivity index (χ4v) is 1.65. The molecule has 10 N–H and O–H groups in total. The van der Waals surface area contributed by atoms with Crippen molar-refractivity contribution in [1.29, 1.82) is 0 Å². The van der Waals surface area contributed by atoms with Crippen molar-refractivity contribution in [2.75, 3.05) is 0 Å². The second-order valence-electron chi connectivity index (χ2n) is 1.65. The van der Waals surface area contributed by atoms with Gasteiger partial charge in [-0.25, -0.2) is 4.79 Å². The van der Waals surface area contributed by atoms with Gasteiger partial charge in [-0.15, -0.1) is 0 Å². The largest absolute Gasteiger partial charge is 0.665 e. The van der Waals surface area contributed by atoms with Gasteiger partial charge in [0.25, 0.3) is 0 Å². The highest BCUT2D eigenvalue weighted by atomic mass is 28.5. The smallest absolute Gasteiger partial charge is 0.368 e. The van der Waals surface area contributed by atoms with E-state index in [1.165, 1.54) is 0 Å². The first-order valence-electron chi connectivity index (χ1n) is 2.82. The minimum absolute atomic E-state index is 0.833. The van der Waals surface area contributed by atoms with Crippen molar-refractivity contribution >= 4 is 30.9 Å². The molecule has 0 spiro atoms. The normalized spacial score (nSPS) is 10.3. The quantitative estimate of drug-likeness (QED) is 0.223. The van der Waals surface area contributed by atoms with E-state index in [9.17, 15) is 0 Å². The van der Waals surface area contributed by atoms with Gasteiger partial charge in [-0.2, -0.15) is 0 Å². The van der Waals surface area contributed by atoms with Gasteiger partial charge in [0.05, 0.1) is 0 Å². The fourth-order valence-electron chi connectivity index (χ4n) is 0.184. The lowest BCUT2D eigenvalue weighted by atomic mass is 11.2. The second kappa shape index (κ2) is 8.41. The van der Waals surface area contributed by atoms with E-state index in [0.29, 0.717) is 0 Å². The Labute approximate surface area is 85.7 Å². The topological polar surface area (TPSA) is 217 Å². The average molecular weight is 264 g/mol. The van der Waals surface area contributed by atoms with Crippen molar-refractivity contribution in [2.24, 2.45) is 11.5 Å². The van der Waals surface area contributed by atoms with Crippen molar-refractivity contribution in [1.82, 2.24) is 0 Å². The van der Waals surface area contributed by atoms with Crippen LogP contribution in [0, 0.1) is 0 Å². The first-order valence-corrected chi connectivity index (χ1v) is 6.32. The van der Waals surface area contributed by atoms with Gasteiger partial charge in [0.2, 0.25) is 0 Å². The van der Waals surface area contributed by atoms with Crippen LogP contribution in [0.2, 0.25) is 0 Å². The minimum Gasteiger partial charge on any atom is -0.368 e.